The van der Waals surface area contributed by atoms with Gasteiger partial charge in [-0.2, -0.15) is 0 Å². The molecule has 6 heteroatoms. The fraction of sp³-hybridized carbons (Fsp3) is 0.923. The van der Waals surface area contributed by atoms with Crippen LogP contribution in [-0.4, -0.2) is 78.4 Å². The molecule has 2 fully saturated rings. The molecule has 2 aliphatic rings. The highest BCUT2D eigenvalue weighted by atomic mass is 16.5. The summed E-state index contributed by atoms with van der Waals surface area (Å²) in [5.74, 6) is 0.129. The molecule has 2 rings (SSSR count). The molecule has 3 N–H and O–H groups in total. The van der Waals surface area contributed by atoms with Crippen molar-refractivity contribution in [3.8, 4) is 0 Å². The molecule has 6 nitrogen and oxygen atoms in total. The predicted octanol–water partition coefficient (Wildman–Crippen LogP) is -0.982. The van der Waals surface area contributed by atoms with Crippen molar-refractivity contribution in [1.82, 2.24) is 9.80 Å². The Bertz CT molecular complexity index is 306. The van der Waals surface area contributed by atoms with Crippen molar-refractivity contribution in [2.24, 2.45) is 5.73 Å². The van der Waals surface area contributed by atoms with Crippen LogP contribution in [0.25, 0.3) is 0 Å². The molecule has 19 heavy (non-hydrogen) atoms. The molecule has 0 aromatic heterocycles. The van der Waals surface area contributed by atoms with Gasteiger partial charge in [-0.15, -0.1) is 0 Å². The largest absolute Gasteiger partial charge is 0.394 e. The van der Waals surface area contributed by atoms with Crippen molar-refractivity contribution in [1.29, 1.82) is 0 Å². The van der Waals surface area contributed by atoms with E-state index in [9.17, 15) is 4.79 Å². The molecule has 0 spiro atoms. The van der Waals surface area contributed by atoms with Gasteiger partial charge in [-0.25, -0.2) is 0 Å². The first-order valence-electron chi connectivity index (χ1n) is 7.10. The van der Waals surface area contributed by atoms with E-state index in [2.05, 4.69) is 4.90 Å². The van der Waals surface area contributed by atoms with E-state index in [0.717, 1.165) is 25.9 Å². The van der Waals surface area contributed by atoms with E-state index in [4.69, 9.17) is 15.6 Å². The van der Waals surface area contributed by atoms with Gasteiger partial charge in [0.25, 0.3) is 0 Å². The zero-order valence-corrected chi connectivity index (χ0v) is 11.6. The standard InChI is InChI=1S/C13H25N3O3/c1-10-9-19-12(8-17)6-16(10)13(18)7-15-4-2-11(14)3-5-15/h10-12,17H,2-9,14H2,1H3. The summed E-state index contributed by atoms with van der Waals surface area (Å²) in [6.45, 7) is 5.19. The Morgan fingerprint density at radius 1 is 1.42 bits per heavy atom. The molecule has 110 valence electrons. The number of aliphatic hydroxyl groups is 1. The minimum atomic E-state index is -0.241. The fourth-order valence-electron chi connectivity index (χ4n) is 2.67. The summed E-state index contributed by atoms with van der Waals surface area (Å²) in [7, 11) is 0. The van der Waals surface area contributed by atoms with Crippen molar-refractivity contribution >= 4 is 5.91 Å². The zero-order valence-electron chi connectivity index (χ0n) is 11.6. The molecule has 2 heterocycles. The predicted molar refractivity (Wildman–Crippen MR) is 71.7 cm³/mol. The monoisotopic (exact) mass is 271 g/mol. The molecule has 0 bridgehead atoms. The van der Waals surface area contributed by atoms with Crippen LogP contribution in [0.15, 0.2) is 0 Å². The van der Waals surface area contributed by atoms with E-state index in [1.54, 1.807) is 0 Å². The minimum absolute atomic E-state index is 0.0327. The van der Waals surface area contributed by atoms with Crippen LogP contribution in [0.3, 0.4) is 0 Å². The van der Waals surface area contributed by atoms with Crippen LogP contribution in [0.2, 0.25) is 0 Å². The number of hydrogen-bond acceptors (Lipinski definition) is 5. The van der Waals surface area contributed by atoms with E-state index < -0.39 is 0 Å². The van der Waals surface area contributed by atoms with Crippen LogP contribution >= 0.6 is 0 Å². The third-order valence-corrected chi connectivity index (χ3v) is 4.02. The number of piperidine rings is 1. The molecule has 0 aliphatic carbocycles. The van der Waals surface area contributed by atoms with Crippen LogP contribution in [0.4, 0.5) is 0 Å². The van der Waals surface area contributed by atoms with Gasteiger partial charge in [0.15, 0.2) is 0 Å². The first-order chi connectivity index (χ1) is 9.10. The molecule has 0 aromatic rings. The zero-order chi connectivity index (χ0) is 13.8. The van der Waals surface area contributed by atoms with Gasteiger partial charge >= 0.3 is 0 Å². The Kier molecular flexibility index (Phi) is 5.15. The van der Waals surface area contributed by atoms with Crippen molar-refractivity contribution in [2.75, 3.05) is 39.4 Å². The number of carbonyl (C=O) groups is 1. The highest BCUT2D eigenvalue weighted by Gasteiger charge is 2.30. The normalized spacial score (nSPS) is 30.6. The first-order valence-corrected chi connectivity index (χ1v) is 7.10. The summed E-state index contributed by atoms with van der Waals surface area (Å²) in [5.41, 5.74) is 5.86. The first kappa shape index (κ1) is 14.7. The average molecular weight is 271 g/mol. The maximum atomic E-state index is 12.3. The van der Waals surface area contributed by atoms with Crippen molar-refractivity contribution < 1.29 is 14.6 Å². The van der Waals surface area contributed by atoms with E-state index in [1.807, 2.05) is 11.8 Å². The van der Waals surface area contributed by atoms with Gasteiger partial charge in [-0.1, -0.05) is 0 Å². The molecule has 0 aromatic carbocycles. The summed E-state index contributed by atoms with van der Waals surface area (Å²) in [6.07, 6.45) is 1.69. The summed E-state index contributed by atoms with van der Waals surface area (Å²) in [4.78, 5) is 16.3. The second-order valence-electron chi connectivity index (χ2n) is 5.65. The maximum absolute atomic E-state index is 12.3. The summed E-state index contributed by atoms with van der Waals surface area (Å²) < 4.78 is 5.45. The van der Waals surface area contributed by atoms with Crippen molar-refractivity contribution in [3.05, 3.63) is 0 Å². The second kappa shape index (κ2) is 6.65. The highest BCUT2D eigenvalue weighted by Crippen LogP contribution is 2.14. The van der Waals surface area contributed by atoms with Crippen LogP contribution in [0.1, 0.15) is 19.8 Å². The van der Waals surface area contributed by atoms with Gasteiger partial charge in [-0.3, -0.25) is 9.69 Å². The van der Waals surface area contributed by atoms with E-state index >= 15 is 0 Å². The Morgan fingerprint density at radius 2 is 2.11 bits per heavy atom. The SMILES string of the molecule is CC1COC(CO)CN1C(=O)CN1CCC(N)CC1. The van der Waals surface area contributed by atoms with Crippen LogP contribution in [0, 0.1) is 0 Å². The summed E-state index contributed by atoms with van der Waals surface area (Å²) in [6, 6.07) is 0.370. The number of nitrogens with two attached hydrogens (primary N) is 1. The molecule has 0 saturated carbocycles. The lowest BCUT2D eigenvalue weighted by Gasteiger charge is -2.39. The molecule has 2 saturated heterocycles. The number of rotatable bonds is 3. The van der Waals surface area contributed by atoms with Gasteiger partial charge in [-0.05, 0) is 19.8 Å². The average Bonchev–Trinajstić information content (AvgIpc) is 2.42. The van der Waals surface area contributed by atoms with Crippen LogP contribution in [-0.2, 0) is 9.53 Å². The number of nitrogens with zero attached hydrogens (tertiary/aromatic N) is 2. The van der Waals surface area contributed by atoms with E-state index in [1.165, 1.54) is 0 Å². The Labute approximate surface area is 114 Å². The van der Waals surface area contributed by atoms with Gasteiger partial charge < -0.3 is 20.5 Å². The number of likely N-dealkylation sites (tertiary alicyclic amines) is 1. The third-order valence-electron chi connectivity index (χ3n) is 4.02. The van der Waals surface area contributed by atoms with Crippen LogP contribution in [0.5, 0.6) is 0 Å². The number of aliphatic hydroxyl groups excluding tert-OH is 1. The second-order valence-corrected chi connectivity index (χ2v) is 5.65. The molecular weight excluding hydrogens is 246 g/mol. The number of amides is 1. The number of ether oxygens (including phenoxy) is 1. The summed E-state index contributed by atoms with van der Waals surface area (Å²) in [5, 5.41) is 9.14. The number of morpholine rings is 1. The molecule has 2 aliphatic heterocycles. The van der Waals surface area contributed by atoms with Crippen molar-refractivity contribution in [2.45, 2.75) is 38.0 Å². The van der Waals surface area contributed by atoms with E-state index in [0.29, 0.717) is 19.7 Å². The fourth-order valence-corrected chi connectivity index (χ4v) is 2.67. The van der Waals surface area contributed by atoms with E-state index in [-0.39, 0.29) is 30.7 Å². The number of hydrogen-bond donors (Lipinski definition) is 2. The van der Waals surface area contributed by atoms with Gasteiger partial charge in [0, 0.05) is 25.7 Å². The molecule has 2 unspecified atom stereocenters. The molecule has 1 amide bonds. The van der Waals surface area contributed by atoms with Crippen molar-refractivity contribution in [3.63, 3.8) is 0 Å². The molecule has 0 radical (unpaired) electrons. The van der Waals surface area contributed by atoms with Gasteiger partial charge in [0.2, 0.25) is 5.91 Å². The van der Waals surface area contributed by atoms with Gasteiger partial charge in [0.05, 0.1) is 31.9 Å². The summed E-state index contributed by atoms with van der Waals surface area (Å²) >= 11 is 0. The third kappa shape index (κ3) is 3.89. The number of carbonyl (C=O) groups excluding carboxylic acids is 1. The smallest absolute Gasteiger partial charge is 0.237 e. The lowest BCUT2D eigenvalue weighted by atomic mass is 10.1. The lowest BCUT2D eigenvalue weighted by Crippen LogP contribution is -2.55. The topological polar surface area (TPSA) is 79.0 Å². The highest BCUT2D eigenvalue weighted by molar-refractivity contribution is 5.78. The quantitative estimate of drug-likeness (QED) is 0.689. The Hall–Kier alpha value is -0.690. The molecular formula is C13H25N3O3. The van der Waals surface area contributed by atoms with Gasteiger partial charge in [0.1, 0.15) is 0 Å². The minimum Gasteiger partial charge on any atom is -0.394 e. The molecule has 2 atom stereocenters. The van der Waals surface area contributed by atoms with Crippen LogP contribution < -0.4 is 5.73 Å². The Balaban J connectivity index is 1.84. The lowest BCUT2D eigenvalue weighted by molar-refractivity contribution is -0.147. The Morgan fingerprint density at radius 3 is 2.74 bits per heavy atom. The maximum Gasteiger partial charge on any atom is 0.237 e.